The van der Waals surface area contributed by atoms with Crippen LogP contribution in [0.4, 0.5) is 5.69 Å². The number of carbonyl (C=O) groups excluding carboxylic acids is 1. The third-order valence-corrected chi connectivity index (χ3v) is 3.76. The highest BCUT2D eigenvalue weighted by Gasteiger charge is 2.16. The maximum absolute atomic E-state index is 12.4. The van der Waals surface area contributed by atoms with Crippen molar-refractivity contribution in [1.29, 1.82) is 0 Å². The second kappa shape index (κ2) is 6.38. The van der Waals surface area contributed by atoms with E-state index >= 15 is 0 Å². The summed E-state index contributed by atoms with van der Waals surface area (Å²) >= 11 is 1.40. The number of benzene rings is 1. The fourth-order valence-electron chi connectivity index (χ4n) is 1.88. The number of aliphatic hydroxyl groups excluding tert-OH is 1. The molecule has 1 amide bonds. The Morgan fingerprint density at radius 1 is 1.40 bits per heavy atom. The molecule has 3 nitrogen and oxygen atoms in total. The number of anilines is 1. The van der Waals surface area contributed by atoms with E-state index in [0.717, 1.165) is 16.1 Å². The Hall–Kier alpha value is -2.09. The second-order valence-corrected chi connectivity index (χ2v) is 5.22. The maximum Gasteiger partial charge on any atom is 0.258 e. The molecule has 0 fully saturated rings. The highest BCUT2D eigenvalue weighted by molar-refractivity contribution is 7.10. The average molecular weight is 285 g/mol. The predicted octanol–water partition coefficient (Wildman–Crippen LogP) is 2.68. The van der Waals surface area contributed by atoms with Gasteiger partial charge in [0.25, 0.3) is 5.91 Å². The molecule has 0 aliphatic rings. The van der Waals surface area contributed by atoms with Crippen LogP contribution in [0.5, 0.6) is 0 Å². The summed E-state index contributed by atoms with van der Waals surface area (Å²) < 4.78 is 0. The minimum atomic E-state index is -0.176. The molecule has 0 aliphatic carbocycles. The maximum atomic E-state index is 12.4. The molecule has 1 aromatic heterocycles. The fourth-order valence-corrected chi connectivity index (χ4v) is 2.63. The molecule has 0 saturated heterocycles. The highest BCUT2D eigenvalue weighted by atomic mass is 32.1. The Morgan fingerprint density at radius 3 is 2.85 bits per heavy atom. The van der Waals surface area contributed by atoms with Crippen LogP contribution in [0.25, 0.3) is 0 Å². The standard InChI is InChI=1S/C16H15NO2S/c1-12-6-3-4-8-15(12)17(2)16(19)13-10-14(20-11-13)7-5-9-18/h3-4,6,8,10-11,18H,9H2,1-2H3. The van der Waals surface area contributed by atoms with Crippen LogP contribution < -0.4 is 4.90 Å². The van der Waals surface area contributed by atoms with Gasteiger partial charge in [-0.2, -0.15) is 0 Å². The van der Waals surface area contributed by atoms with Crippen molar-refractivity contribution in [2.24, 2.45) is 0 Å². The van der Waals surface area contributed by atoms with E-state index in [0.29, 0.717) is 5.56 Å². The summed E-state index contributed by atoms with van der Waals surface area (Å²) in [6, 6.07) is 9.52. The highest BCUT2D eigenvalue weighted by Crippen LogP contribution is 2.22. The van der Waals surface area contributed by atoms with Crippen molar-refractivity contribution in [3.8, 4) is 11.8 Å². The zero-order valence-electron chi connectivity index (χ0n) is 11.4. The summed E-state index contributed by atoms with van der Waals surface area (Å²) in [6.45, 7) is 1.80. The number of aryl methyl sites for hydroxylation is 1. The number of thiophene rings is 1. The van der Waals surface area contributed by atoms with Crippen LogP contribution in [-0.4, -0.2) is 24.7 Å². The summed E-state index contributed by atoms with van der Waals surface area (Å²) in [5, 5.41) is 10.5. The molecular formula is C16H15NO2S. The summed E-state index contributed by atoms with van der Waals surface area (Å²) in [5.41, 5.74) is 2.56. The number of rotatable bonds is 2. The minimum Gasteiger partial charge on any atom is -0.384 e. The van der Waals surface area contributed by atoms with Crippen molar-refractivity contribution in [2.75, 3.05) is 18.6 Å². The van der Waals surface area contributed by atoms with Crippen LogP contribution >= 0.6 is 11.3 Å². The van der Waals surface area contributed by atoms with Gasteiger partial charge in [-0.1, -0.05) is 30.0 Å². The topological polar surface area (TPSA) is 40.5 Å². The molecule has 0 atom stereocenters. The van der Waals surface area contributed by atoms with Gasteiger partial charge >= 0.3 is 0 Å². The van der Waals surface area contributed by atoms with Gasteiger partial charge in [0.1, 0.15) is 6.61 Å². The van der Waals surface area contributed by atoms with Crippen molar-refractivity contribution < 1.29 is 9.90 Å². The monoisotopic (exact) mass is 285 g/mol. The van der Waals surface area contributed by atoms with Gasteiger partial charge in [0.2, 0.25) is 0 Å². The van der Waals surface area contributed by atoms with E-state index in [9.17, 15) is 4.79 Å². The lowest BCUT2D eigenvalue weighted by Crippen LogP contribution is -2.26. The predicted molar refractivity (Wildman–Crippen MR) is 82.2 cm³/mol. The van der Waals surface area contributed by atoms with E-state index < -0.39 is 0 Å². The molecule has 2 rings (SSSR count). The number of para-hydroxylation sites is 1. The quantitative estimate of drug-likeness (QED) is 0.862. The molecular weight excluding hydrogens is 270 g/mol. The number of hydrogen-bond acceptors (Lipinski definition) is 3. The van der Waals surface area contributed by atoms with Crippen LogP contribution in [-0.2, 0) is 0 Å². The molecule has 4 heteroatoms. The molecule has 0 radical (unpaired) electrons. The number of carbonyl (C=O) groups is 1. The first-order chi connectivity index (χ1) is 9.63. The summed E-state index contributed by atoms with van der Waals surface area (Å²) in [5.74, 6) is 5.32. The van der Waals surface area contributed by atoms with E-state index in [1.807, 2.05) is 31.2 Å². The zero-order chi connectivity index (χ0) is 14.5. The minimum absolute atomic E-state index is 0.0624. The third kappa shape index (κ3) is 3.08. The van der Waals surface area contributed by atoms with Gasteiger partial charge in [0.05, 0.1) is 10.4 Å². The Labute approximate surface area is 122 Å². The lowest BCUT2D eigenvalue weighted by atomic mass is 10.1. The van der Waals surface area contributed by atoms with E-state index in [2.05, 4.69) is 11.8 Å². The summed E-state index contributed by atoms with van der Waals surface area (Å²) in [7, 11) is 1.77. The molecule has 102 valence electrons. The number of amides is 1. The van der Waals surface area contributed by atoms with Crippen LogP contribution in [0, 0.1) is 18.8 Å². The van der Waals surface area contributed by atoms with Crippen molar-refractivity contribution >= 4 is 22.9 Å². The molecule has 1 aromatic carbocycles. The van der Waals surface area contributed by atoms with Gasteiger partial charge in [-0.05, 0) is 24.6 Å². The second-order valence-electron chi connectivity index (χ2n) is 4.31. The first kappa shape index (κ1) is 14.3. The molecule has 2 aromatic rings. The van der Waals surface area contributed by atoms with Gasteiger partial charge in [-0.25, -0.2) is 0 Å². The molecule has 0 bridgehead atoms. The van der Waals surface area contributed by atoms with E-state index in [1.165, 1.54) is 11.3 Å². The Morgan fingerprint density at radius 2 is 2.15 bits per heavy atom. The number of aliphatic hydroxyl groups is 1. The van der Waals surface area contributed by atoms with E-state index in [4.69, 9.17) is 5.11 Å². The van der Waals surface area contributed by atoms with Gasteiger partial charge in [0.15, 0.2) is 0 Å². The Balaban J connectivity index is 2.23. The largest absolute Gasteiger partial charge is 0.384 e. The molecule has 0 saturated carbocycles. The molecule has 0 spiro atoms. The fraction of sp³-hybridized carbons (Fsp3) is 0.188. The number of hydrogen-bond donors (Lipinski definition) is 1. The lowest BCUT2D eigenvalue weighted by Gasteiger charge is -2.18. The van der Waals surface area contributed by atoms with Gasteiger partial charge < -0.3 is 10.0 Å². The van der Waals surface area contributed by atoms with Crippen LogP contribution in [0.15, 0.2) is 35.7 Å². The molecule has 1 heterocycles. The zero-order valence-corrected chi connectivity index (χ0v) is 12.2. The van der Waals surface area contributed by atoms with Crippen molar-refractivity contribution in [1.82, 2.24) is 0 Å². The van der Waals surface area contributed by atoms with E-state index in [1.54, 1.807) is 23.4 Å². The molecule has 0 unspecified atom stereocenters. The van der Waals surface area contributed by atoms with Crippen LogP contribution in [0.3, 0.4) is 0 Å². The normalized spacial score (nSPS) is 9.75. The van der Waals surface area contributed by atoms with Crippen molar-refractivity contribution in [3.63, 3.8) is 0 Å². The molecule has 1 N–H and O–H groups in total. The Kier molecular flexibility index (Phi) is 4.57. The first-order valence-corrected chi connectivity index (χ1v) is 7.03. The van der Waals surface area contributed by atoms with Crippen molar-refractivity contribution in [3.05, 3.63) is 51.7 Å². The van der Waals surface area contributed by atoms with Crippen LogP contribution in [0.1, 0.15) is 20.8 Å². The molecule has 20 heavy (non-hydrogen) atoms. The van der Waals surface area contributed by atoms with Crippen LogP contribution in [0.2, 0.25) is 0 Å². The van der Waals surface area contributed by atoms with E-state index in [-0.39, 0.29) is 12.5 Å². The Bertz CT molecular complexity index is 679. The first-order valence-electron chi connectivity index (χ1n) is 6.15. The number of nitrogens with zero attached hydrogens (tertiary/aromatic N) is 1. The SMILES string of the molecule is Cc1ccccc1N(C)C(=O)c1csc(C#CCO)c1. The molecule has 0 aliphatic heterocycles. The van der Waals surface area contributed by atoms with Crippen molar-refractivity contribution in [2.45, 2.75) is 6.92 Å². The smallest absolute Gasteiger partial charge is 0.258 e. The van der Waals surface area contributed by atoms with Gasteiger partial charge in [-0.15, -0.1) is 11.3 Å². The summed E-state index contributed by atoms with van der Waals surface area (Å²) in [6.07, 6.45) is 0. The lowest BCUT2D eigenvalue weighted by molar-refractivity contribution is 0.0993. The third-order valence-electron chi connectivity index (χ3n) is 2.92. The van der Waals surface area contributed by atoms with Gasteiger partial charge in [0, 0.05) is 18.1 Å². The van der Waals surface area contributed by atoms with Gasteiger partial charge in [-0.3, -0.25) is 4.79 Å². The average Bonchev–Trinajstić information content (AvgIpc) is 2.93. The summed E-state index contributed by atoms with van der Waals surface area (Å²) in [4.78, 5) is 14.8.